The summed E-state index contributed by atoms with van der Waals surface area (Å²) in [4.78, 5) is 15.3. The number of hydrogen-bond donors (Lipinski definition) is 3. The van der Waals surface area contributed by atoms with Crippen LogP contribution in [0.3, 0.4) is 0 Å². The van der Waals surface area contributed by atoms with E-state index in [2.05, 4.69) is 20.9 Å². The SMILES string of the molecule is CN=C(NCCc1ccc(F)cc1C)NCc1cccc(NC(C)=O)c1. The van der Waals surface area contributed by atoms with E-state index in [-0.39, 0.29) is 11.7 Å². The molecule has 0 fully saturated rings. The van der Waals surface area contributed by atoms with Crippen LogP contribution in [0.4, 0.5) is 10.1 Å². The summed E-state index contributed by atoms with van der Waals surface area (Å²) in [7, 11) is 1.71. The van der Waals surface area contributed by atoms with Gasteiger partial charge >= 0.3 is 0 Å². The van der Waals surface area contributed by atoms with Crippen LogP contribution in [0.2, 0.25) is 0 Å². The van der Waals surface area contributed by atoms with Gasteiger partial charge in [-0.3, -0.25) is 9.79 Å². The molecule has 0 atom stereocenters. The number of hydrogen-bond acceptors (Lipinski definition) is 2. The molecule has 0 unspecified atom stereocenters. The van der Waals surface area contributed by atoms with E-state index < -0.39 is 0 Å². The Kier molecular flexibility index (Phi) is 7.14. The molecule has 0 saturated carbocycles. The Morgan fingerprint density at radius 2 is 1.96 bits per heavy atom. The van der Waals surface area contributed by atoms with Crippen LogP contribution in [0.15, 0.2) is 47.5 Å². The largest absolute Gasteiger partial charge is 0.356 e. The molecule has 0 saturated heterocycles. The van der Waals surface area contributed by atoms with Crippen molar-refractivity contribution in [1.29, 1.82) is 0 Å². The van der Waals surface area contributed by atoms with Crippen molar-refractivity contribution in [2.75, 3.05) is 18.9 Å². The normalized spacial score (nSPS) is 11.2. The molecule has 0 aromatic heterocycles. The van der Waals surface area contributed by atoms with E-state index >= 15 is 0 Å². The van der Waals surface area contributed by atoms with E-state index in [4.69, 9.17) is 0 Å². The fourth-order valence-corrected chi connectivity index (χ4v) is 2.62. The third-order valence-electron chi connectivity index (χ3n) is 3.92. The van der Waals surface area contributed by atoms with Gasteiger partial charge in [0.15, 0.2) is 5.96 Å². The number of amides is 1. The highest BCUT2D eigenvalue weighted by Gasteiger charge is 2.03. The molecule has 2 rings (SSSR count). The molecule has 3 N–H and O–H groups in total. The summed E-state index contributed by atoms with van der Waals surface area (Å²) in [6.45, 7) is 4.67. The molecular weight excluding hydrogens is 331 g/mol. The number of benzene rings is 2. The Balaban J connectivity index is 1.83. The molecule has 0 aliphatic heterocycles. The Morgan fingerprint density at radius 1 is 1.15 bits per heavy atom. The number of carbonyl (C=O) groups excluding carboxylic acids is 1. The van der Waals surface area contributed by atoms with Crippen molar-refractivity contribution in [1.82, 2.24) is 10.6 Å². The maximum Gasteiger partial charge on any atom is 0.221 e. The minimum Gasteiger partial charge on any atom is -0.356 e. The second kappa shape index (κ2) is 9.56. The van der Waals surface area contributed by atoms with Crippen molar-refractivity contribution >= 4 is 17.6 Å². The quantitative estimate of drug-likeness (QED) is 0.551. The van der Waals surface area contributed by atoms with E-state index in [1.54, 1.807) is 13.1 Å². The summed E-state index contributed by atoms with van der Waals surface area (Å²) in [6.07, 6.45) is 0.783. The van der Waals surface area contributed by atoms with Crippen LogP contribution in [-0.2, 0) is 17.8 Å². The Hall–Kier alpha value is -2.89. The minimum absolute atomic E-state index is 0.0938. The van der Waals surface area contributed by atoms with Gasteiger partial charge in [-0.15, -0.1) is 0 Å². The average Bonchev–Trinajstić information content (AvgIpc) is 2.59. The van der Waals surface area contributed by atoms with Gasteiger partial charge in [0.1, 0.15) is 5.82 Å². The lowest BCUT2D eigenvalue weighted by atomic mass is 10.1. The van der Waals surface area contributed by atoms with Crippen LogP contribution in [0.1, 0.15) is 23.6 Å². The molecule has 1 amide bonds. The molecule has 138 valence electrons. The van der Waals surface area contributed by atoms with Crippen LogP contribution in [0, 0.1) is 12.7 Å². The highest BCUT2D eigenvalue weighted by Crippen LogP contribution is 2.11. The molecule has 2 aromatic rings. The number of halogens is 1. The van der Waals surface area contributed by atoms with Gasteiger partial charge in [0.25, 0.3) is 0 Å². The monoisotopic (exact) mass is 356 g/mol. The van der Waals surface area contributed by atoms with E-state index in [1.807, 2.05) is 37.3 Å². The number of anilines is 1. The first-order valence-corrected chi connectivity index (χ1v) is 8.54. The molecule has 0 bridgehead atoms. The highest BCUT2D eigenvalue weighted by atomic mass is 19.1. The first-order chi connectivity index (χ1) is 12.5. The van der Waals surface area contributed by atoms with Crippen LogP contribution in [-0.4, -0.2) is 25.5 Å². The molecule has 0 spiro atoms. The fraction of sp³-hybridized carbons (Fsp3) is 0.300. The summed E-state index contributed by atoms with van der Waals surface area (Å²) in [5.41, 5.74) is 3.86. The zero-order valence-corrected chi connectivity index (χ0v) is 15.4. The van der Waals surface area contributed by atoms with E-state index in [0.29, 0.717) is 19.0 Å². The lowest BCUT2D eigenvalue weighted by Crippen LogP contribution is -2.37. The third kappa shape index (κ3) is 6.20. The first-order valence-electron chi connectivity index (χ1n) is 8.54. The van der Waals surface area contributed by atoms with Crippen LogP contribution in [0.5, 0.6) is 0 Å². The van der Waals surface area contributed by atoms with Gasteiger partial charge in [-0.2, -0.15) is 0 Å². The maximum absolute atomic E-state index is 13.1. The summed E-state index contributed by atoms with van der Waals surface area (Å²) in [5.74, 6) is 0.386. The molecule has 0 radical (unpaired) electrons. The van der Waals surface area contributed by atoms with E-state index in [1.165, 1.54) is 13.0 Å². The van der Waals surface area contributed by atoms with Gasteiger partial charge < -0.3 is 16.0 Å². The van der Waals surface area contributed by atoms with Gasteiger partial charge in [0, 0.05) is 32.7 Å². The molecule has 0 heterocycles. The van der Waals surface area contributed by atoms with Crippen molar-refractivity contribution in [3.05, 3.63) is 65.0 Å². The fourth-order valence-electron chi connectivity index (χ4n) is 2.62. The summed E-state index contributed by atoms with van der Waals surface area (Å²) in [5, 5.41) is 9.26. The topological polar surface area (TPSA) is 65.5 Å². The van der Waals surface area contributed by atoms with E-state index in [9.17, 15) is 9.18 Å². The second-order valence-corrected chi connectivity index (χ2v) is 6.05. The van der Waals surface area contributed by atoms with Crippen molar-refractivity contribution in [2.24, 2.45) is 4.99 Å². The van der Waals surface area contributed by atoms with Gasteiger partial charge in [0.05, 0.1) is 0 Å². The van der Waals surface area contributed by atoms with Crippen molar-refractivity contribution in [3.63, 3.8) is 0 Å². The van der Waals surface area contributed by atoms with Gasteiger partial charge in [-0.25, -0.2) is 4.39 Å². The number of guanidine groups is 1. The smallest absolute Gasteiger partial charge is 0.221 e. The summed E-state index contributed by atoms with van der Waals surface area (Å²) < 4.78 is 13.1. The number of nitrogens with zero attached hydrogens (tertiary/aromatic N) is 1. The van der Waals surface area contributed by atoms with Crippen LogP contribution < -0.4 is 16.0 Å². The number of nitrogens with one attached hydrogen (secondary N) is 3. The van der Waals surface area contributed by atoms with Gasteiger partial charge in [-0.05, 0) is 54.3 Å². The van der Waals surface area contributed by atoms with Crippen molar-refractivity contribution in [3.8, 4) is 0 Å². The Labute approximate surface area is 153 Å². The van der Waals surface area contributed by atoms with Gasteiger partial charge in [-0.1, -0.05) is 18.2 Å². The van der Waals surface area contributed by atoms with E-state index in [0.717, 1.165) is 28.8 Å². The lowest BCUT2D eigenvalue weighted by molar-refractivity contribution is -0.114. The molecule has 26 heavy (non-hydrogen) atoms. The second-order valence-electron chi connectivity index (χ2n) is 6.05. The number of aryl methyl sites for hydroxylation is 1. The standard InChI is InChI=1S/C20H25FN4O/c1-14-11-18(21)8-7-17(14)9-10-23-20(22-3)24-13-16-5-4-6-19(12-16)25-15(2)26/h4-8,11-12H,9-10,13H2,1-3H3,(H,25,26)(H2,22,23,24). The summed E-state index contributed by atoms with van der Waals surface area (Å²) in [6, 6.07) is 12.5. The zero-order chi connectivity index (χ0) is 18.9. The van der Waals surface area contributed by atoms with Crippen LogP contribution >= 0.6 is 0 Å². The molecule has 2 aromatic carbocycles. The zero-order valence-electron chi connectivity index (χ0n) is 15.4. The summed E-state index contributed by atoms with van der Waals surface area (Å²) >= 11 is 0. The Bertz CT molecular complexity index is 789. The van der Waals surface area contributed by atoms with Crippen LogP contribution in [0.25, 0.3) is 0 Å². The minimum atomic E-state index is -0.210. The molecule has 5 nitrogen and oxygen atoms in total. The lowest BCUT2D eigenvalue weighted by Gasteiger charge is -2.13. The molecule has 0 aliphatic carbocycles. The van der Waals surface area contributed by atoms with Crippen molar-refractivity contribution < 1.29 is 9.18 Å². The maximum atomic E-state index is 13.1. The average molecular weight is 356 g/mol. The highest BCUT2D eigenvalue weighted by molar-refractivity contribution is 5.88. The molecule has 0 aliphatic rings. The van der Waals surface area contributed by atoms with Crippen molar-refractivity contribution in [2.45, 2.75) is 26.8 Å². The van der Waals surface area contributed by atoms with Gasteiger partial charge in [0.2, 0.25) is 5.91 Å². The molecule has 6 heteroatoms. The Morgan fingerprint density at radius 3 is 2.65 bits per heavy atom. The molecular formula is C20H25FN4O. The predicted octanol–water partition coefficient (Wildman–Crippen LogP) is 3.00. The third-order valence-corrected chi connectivity index (χ3v) is 3.92. The first kappa shape index (κ1) is 19.4. The number of aliphatic imine (C=N–C) groups is 1. The predicted molar refractivity (Wildman–Crippen MR) is 104 cm³/mol. The number of carbonyl (C=O) groups is 1. The number of rotatable bonds is 6.